The highest BCUT2D eigenvalue weighted by atomic mass is 28.3. The van der Waals surface area contributed by atoms with Crippen molar-refractivity contribution in [3.05, 3.63) is 35.4 Å². The van der Waals surface area contributed by atoms with Crippen molar-refractivity contribution in [2.24, 2.45) is 0 Å². The van der Waals surface area contributed by atoms with E-state index in [2.05, 4.69) is 0 Å². The van der Waals surface area contributed by atoms with E-state index in [9.17, 15) is 8.78 Å². The van der Waals surface area contributed by atoms with Crippen LogP contribution in [0.15, 0.2) is 18.2 Å². The molecular formula is C10H14F2O3Si. The summed E-state index contributed by atoms with van der Waals surface area (Å²) in [6, 6.07) is 3.40. The maximum Gasteiger partial charge on any atom is 0.483 e. The molecule has 90 valence electrons. The van der Waals surface area contributed by atoms with E-state index >= 15 is 0 Å². The Kier molecular flexibility index (Phi) is 5.54. The van der Waals surface area contributed by atoms with E-state index in [1.54, 1.807) is 0 Å². The molecule has 0 fully saturated rings. The highest BCUT2D eigenvalue weighted by Gasteiger charge is 2.10. The molecule has 0 N–H and O–H groups in total. The predicted molar refractivity (Wildman–Crippen MR) is 57.2 cm³/mol. The van der Waals surface area contributed by atoms with Crippen LogP contribution < -0.4 is 0 Å². The summed E-state index contributed by atoms with van der Waals surface area (Å²) in [5.41, 5.74) is 0.553. The second-order valence-corrected chi connectivity index (χ2v) is 5.01. The van der Waals surface area contributed by atoms with Gasteiger partial charge in [0.15, 0.2) is 0 Å². The van der Waals surface area contributed by atoms with Gasteiger partial charge in [-0.15, -0.1) is 0 Å². The van der Waals surface area contributed by atoms with Crippen LogP contribution in [0.2, 0.25) is 0 Å². The Bertz CT molecular complexity index is 312. The molecule has 0 amide bonds. The predicted octanol–water partition coefficient (Wildman–Crippen LogP) is 1.53. The van der Waals surface area contributed by atoms with E-state index in [1.165, 1.54) is 26.4 Å². The van der Waals surface area contributed by atoms with E-state index in [0.717, 1.165) is 6.07 Å². The largest absolute Gasteiger partial charge is 0.483 e. The first-order valence-electron chi connectivity index (χ1n) is 4.78. The molecule has 1 rings (SSSR count). The highest BCUT2D eigenvalue weighted by Crippen LogP contribution is 2.08. The third-order valence-electron chi connectivity index (χ3n) is 1.95. The standard InChI is InChI=1S/C10H14F2O3Si/c1-13-16(14-2)15-4-3-8-5-9(11)7-10(12)6-8/h5-7,16H,3-4H2,1-2H3. The Morgan fingerprint density at radius 2 is 1.62 bits per heavy atom. The molecule has 0 atom stereocenters. The van der Waals surface area contributed by atoms with Gasteiger partial charge in [0.05, 0.1) is 0 Å². The molecule has 0 spiro atoms. The Morgan fingerprint density at radius 1 is 1.06 bits per heavy atom. The zero-order valence-electron chi connectivity index (χ0n) is 9.20. The SMILES string of the molecule is CO[SiH](OC)OCCc1cc(F)cc(F)c1. The number of benzene rings is 1. The first kappa shape index (κ1) is 13.2. The molecule has 3 nitrogen and oxygen atoms in total. The van der Waals surface area contributed by atoms with Crippen molar-refractivity contribution in [3.8, 4) is 0 Å². The van der Waals surface area contributed by atoms with Crippen molar-refractivity contribution in [1.29, 1.82) is 0 Å². The molecule has 0 aliphatic rings. The van der Waals surface area contributed by atoms with Crippen LogP contribution in [0.3, 0.4) is 0 Å². The summed E-state index contributed by atoms with van der Waals surface area (Å²) in [5.74, 6) is -1.16. The van der Waals surface area contributed by atoms with Crippen LogP contribution >= 0.6 is 0 Å². The van der Waals surface area contributed by atoms with Gasteiger partial charge in [-0.1, -0.05) is 0 Å². The lowest BCUT2D eigenvalue weighted by Crippen LogP contribution is -2.24. The van der Waals surface area contributed by atoms with Crippen molar-refractivity contribution < 1.29 is 22.1 Å². The second-order valence-electron chi connectivity index (χ2n) is 3.16. The fourth-order valence-corrected chi connectivity index (χ4v) is 2.04. The van der Waals surface area contributed by atoms with Crippen molar-refractivity contribution in [2.45, 2.75) is 6.42 Å². The Balaban J connectivity index is 2.42. The minimum Gasteiger partial charge on any atom is -0.379 e. The van der Waals surface area contributed by atoms with E-state index in [0.29, 0.717) is 18.6 Å². The summed E-state index contributed by atoms with van der Waals surface area (Å²) < 4.78 is 40.8. The number of halogens is 2. The van der Waals surface area contributed by atoms with Gasteiger partial charge in [-0.2, -0.15) is 0 Å². The Hall–Kier alpha value is -0.823. The van der Waals surface area contributed by atoms with Gasteiger partial charge in [-0.05, 0) is 24.1 Å². The van der Waals surface area contributed by atoms with Crippen LogP contribution in [0.25, 0.3) is 0 Å². The summed E-state index contributed by atoms with van der Waals surface area (Å²) in [4.78, 5) is 0. The zero-order valence-corrected chi connectivity index (χ0v) is 10.4. The number of hydrogen-bond donors (Lipinski definition) is 0. The van der Waals surface area contributed by atoms with E-state index in [1.807, 2.05) is 0 Å². The maximum absolute atomic E-state index is 12.8. The van der Waals surface area contributed by atoms with E-state index in [4.69, 9.17) is 13.3 Å². The Morgan fingerprint density at radius 3 is 2.12 bits per heavy atom. The average molecular weight is 248 g/mol. The second kappa shape index (κ2) is 6.69. The lowest BCUT2D eigenvalue weighted by Gasteiger charge is -2.11. The molecule has 0 unspecified atom stereocenters. The van der Waals surface area contributed by atoms with Crippen LogP contribution in [0.5, 0.6) is 0 Å². The van der Waals surface area contributed by atoms with Gasteiger partial charge < -0.3 is 13.3 Å². The summed E-state index contributed by atoms with van der Waals surface area (Å²) in [5, 5.41) is 0. The van der Waals surface area contributed by atoms with Crippen molar-refractivity contribution in [2.75, 3.05) is 20.8 Å². The van der Waals surface area contributed by atoms with Gasteiger partial charge >= 0.3 is 9.53 Å². The molecule has 1 aromatic carbocycles. The average Bonchev–Trinajstić information content (AvgIpc) is 2.23. The molecule has 0 aromatic heterocycles. The summed E-state index contributed by atoms with van der Waals surface area (Å²) in [7, 11) is 0.959. The minimum atomic E-state index is -2.05. The van der Waals surface area contributed by atoms with Gasteiger partial charge in [0.1, 0.15) is 11.6 Å². The lowest BCUT2D eigenvalue weighted by atomic mass is 10.1. The van der Waals surface area contributed by atoms with Crippen LogP contribution in [0, 0.1) is 11.6 Å². The lowest BCUT2D eigenvalue weighted by molar-refractivity contribution is 0.137. The van der Waals surface area contributed by atoms with Crippen LogP contribution in [0.4, 0.5) is 8.78 Å². The van der Waals surface area contributed by atoms with Gasteiger partial charge in [0.25, 0.3) is 0 Å². The quantitative estimate of drug-likeness (QED) is 0.715. The fraction of sp³-hybridized carbons (Fsp3) is 0.400. The molecular weight excluding hydrogens is 234 g/mol. The van der Waals surface area contributed by atoms with E-state index in [-0.39, 0.29) is 0 Å². The molecule has 0 aliphatic carbocycles. The first-order chi connectivity index (χ1) is 7.65. The molecule has 6 heteroatoms. The van der Waals surface area contributed by atoms with Crippen LogP contribution in [0.1, 0.15) is 5.56 Å². The highest BCUT2D eigenvalue weighted by molar-refractivity contribution is 6.36. The van der Waals surface area contributed by atoms with Gasteiger partial charge in [0, 0.05) is 26.9 Å². The molecule has 0 heterocycles. The van der Waals surface area contributed by atoms with E-state index < -0.39 is 21.2 Å². The number of hydrogen-bond acceptors (Lipinski definition) is 3. The Labute approximate surface area is 94.9 Å². The van der Waals surface area contributed by atoms with Crippen molar-refractivity contribution in [1.82, 2.24) is 0 Å². The topological polar surface area (TPSA) is 27.7 Å². The molecule has 1 aromatic rings. The van der Waals surface area contributed by atoms with Gasteiger partial charge in [0.2, 0.25) is 0 Å². The fourth-order valence-electron chi connectivity index (χ4n) is 1.26. The monoisotopic (exact) mass is 248 g/mol. The number of rotatable bonds is 6. The smallest absolute Gasteiger partial charge is 0.379 e. The molecule has 0 radical (unpaired) electrons. The molecule has 0 bridgehead atoms. The summed E-state index contributed by atoms with van der Waals surface area (Å²) in [6.45, 7) is 0.321. The van der Waals surface area contributed by atoms with Crippen LogP contribution in [-0.2, 0) is 19.7 Å². The van der Waals surface area contributed by atoms with Gasteiger partial charge in [-0.25, -0.2) is 8.78 Å². The molecule has 0 saturated carbocycles. The first-order valence-corrected chi connectivity index (χ1v) is 6.19. The third kappa shape index (κ3) is 4.36. The van der Waals surface area contributed by atoms with Crippen molar-refractivity contribution in [3.63, 3.8) is 0 Å². The molecule has 0 saturated heterocycles. The molecule has 0 aliphatic heterocycles. The molecule has 16 heavy (non-hydrogen) atoms. The zero-order chi connectivity index (χ0) is 12.0. The van der Waals surface area contributed by atoms with Crippen LogP contribution in [-0.4, -0.2) is 30.4 Å². The summed E-state index contributed by atoms with van der Waals surface area (Å²) in [6.07, 6.45) is 0.422. The van der Waals surface area contributed by atoms with Gasteiger partial charge in [-0.3, -0.25) is 0 Å². The minimum absolute atomic E-state index is 0.321. The maximum atomic E-state index is 12.8. The third-order valence-corrected chi connectivity index (χ3v) is 3.23. The van der Waals surface area contributed by atoms with Crippen molar-refractivity contribution >= 4 is 9.53 Å². The normalized spacial score (nSPS) is 11.1. The summed E-state index contributed by atoms with van der Waals surface area (Å²) >= 11 is 0.